The van der Waals surface area contributed by atoms with Crippen LogP contribution in [0.4, 0.5) is 5.69 Å². The van der Waals surface area contributed by atoms with Crippen molar-refractivity contribution in [1.82, 2.24) is 0 Å². The van der Waals surface area contributed by atoms with Crippen LogP contribution in [-0.4, -0.2) is 25.3 Å². The van der Waals surface area contributed by atoms with Gasteiger partial charge in [-0.25, -0.2) is 0 Å². The number of carbonyl (C=O) groups is 1. The summed E-state index contributed by atoms with van der Waals surface area (Å²) in [6, 6.07) is 8.12. The lowest BCUT2D eigenvalue weighted by atomic mass is 9.96. The molecule has 1 atom stereocenters. The fraction of sp³-hybridized carbons (Fsp3) is 0.429. The Hall–Kier alpha value is -1.67. The molecule has 0 spiro atoms. The van der Waals surface area contributed by atoms with Crippen molar-refractivity contribution >= 4 is 23.4 Å². The van der Waals surface area contributed by atoms with Crippen molar-refractivity contribution in [3.05, 3.63) is 23.8 Å². The van der Waals surface area contributed by atoms with Gasteiger partial charge in [-0.2, -0.15) is 5.26 Å². The van der Waals surface area contributed by atoms with E-state index in [0.717, 1.165) is 30.0 Å². The third-order valence-corrected chi connectivity index (χ3v) is 4.28. The first-order valence-corrected chi connectivity index (χ1v) is 7.51. The summed E-state index contributed by atoms with van der Waals surface area (Å²) in [5.74, 6) is -0.359. The summed E-state index contributed by atoms with van der Waals surface area (Å²) in [4.78, 5) is 14.4. The monoisotopic (exact) mass is 275 g/mol. The summed E-state index contributed by atoms with van der Waals surface area (Å²) in [7, 11) is 0. The smallest absolute Gasteiger partial charge is 0.222 e. The summed E-state index contributed by atoms with van der Waals surface area (Å²) in [6.45, 7) is 1.48. The van der Waals surface area contributed by atoms with E-state index in [-0.39, 0.29) is 11.8 Å². The first-order valence-electron chi connectivity index (χ1n) is 6.28. The highest BCUT2D eigenvalue weighted by atomic mass is 32.2. The minimum atomic E-state index is -0.246. The average Bonchev–Trinajstić information content (AvgIpc) is 2.46. The van der Waals surface area contributed by atoms with Crippen LogP contribution in [0, 0.1) is 17.2 Å². The van der Waals surface area contributed by atoms with Gasteiger partial charge in [0.2, 0.25) is 5.91 Å². The van der Waals surface area contributed by atoms with E-state index >= 15 is 0 Å². The van der Waals surface area contributed by atoms with E-state index in [0.29, 0.717) is 12.1 Å². The SMILES string of the molecule is CSc1cccc(N2CCCC(C(N)=O)C2)c1C#N. The maximum absolute atomic E-state index is 11.3. The number of hydrogen-bond acceptors (Lipinski definition) is 4. The van der Waals surface area contributed by atoms with Crippen LogP contribution < -0.4 is 10.6 Å². The van der Waals surface area contributed by atoms with Gasteiger partial charge in [-0.3, -0.25) is 4.79 Å². The summed E-state index contributed by atoms with van der Waals surface area (Å²) < 4.78 is 0. The lowest BCUT2D eigenvalue weighted by Crippen LogP contribution is -2.41. The molecule has 100 valence electrons. The van der Waals surface area contributed by atoms with Crippen LogP contribution in [0.15, 0.2) is 23.1 Å². The molecular weight excluding hydrogens is 258 g/mol. The number of hydrogen-bond donors (Lipinski definition) is 1. The second-order valence-electron chi connectivity index (χ2n) is 4.65. The first-order chi connectivity index (χ1) is 9.17. The van der Waals surface area contributed by atoms with Crippen molar-refractivity contribution in [1.29, 1.82) is 5.26 Å². The van der Waals surface area contributed by atoms with Crippen LogP contribution >= 0.6 is 11.8 Å². The van der Waals surface area contributed by atoms with E-state index < -0.39 is 0 Å². The number of primary amides is 1. The molecule has 1 aromatic carbocycles. The minimum Gasteiger partial charge on any atom is -0.370 e. The minimum absolute atomic E-state index is 0.113. The number of thioether (sulfide) groups is 1. The molecule has 2 N–H and O–H groups in total. The van der Waals surface area contributed by atoms with Crippen LogP contribution in [0.3, 0.4) is 0 Å². The number of nitriles is 1. The van der Waals surface area contributed by atoms with E-state index in [1.165, 1.54) is 0 Å². The molecule has 5 heteroatoms. The average molecular weight is 275 g/mol. The Kier molecular flexibility index (Phi) is 4.33. The zero-order valence-corrected chi connectivity index (χ0v) is 11.7. The summed E-state index contributed by atoms with van der Waals surface area (Å²) in [6.07, 6.45) is 3.74. The third kappa shape index (κ3) is 2.85. The number of anilines is 1. The van der Waals surface area contributed by atoms with Crippen LogP contribution in [-0.2, 0) is 4.79 Å². The number of piperidine rings is 1. The van der Waals surface area contributed by atoms with Crippen LogP contribution in [0.25, 0.3) is 0 Å². The van der Waals surface area contributed by atoms with E-state index in [4.69, 9.17) is 5.73 Å². The molecule has 1 saturated heterocycles. The zero-order valence-electron chi connectivity index (χ0n) is 10.9. The molecule has 1 aliphatic rings. The van der Waals surface area contributed by atoms with E-state index in [1.54, 1.807) is 11.8 Å². The second-order valence-corrected chi connectivity index (χ2v) is 5.50. The summed E-state index contributed by atoms with van der Waals surface area (Å²) in [5.41, 5.74) is 7.01. The van der Waals surface area contributed by atoms with Crippen molar-refractivity contribution in [3.63, 3.8) is 0 Å². The van der Waals surface area contributed by atoms with Gasteiger partial charge >= 0.3 is 0 Å². The molecule has 0 aromatic heterocycles. The molecule has 2 rings (SSSR count). The Morgan fingerprint density at radius 1 is 1.58 bits per heavy atom. The summed E-state index contributed by atoms with van der Waals surface area (Å²) >= 11 is 1.56. The van der Waals surface area contributed by atoms with Gasteiger partial charge in [0.15, 0.2) is 0 Å². The van der Waals surface area contributed by atoms with Gasteiger partial charge in [-0.05, 0) is 31.2 Å². The lowest BCUT2D eigenvalue weighted by Gasteiger charge is -2.33. The molecule has 4 nitrogen and oxygen atoms in total. The highest BCUT2D eigenvalue weighted by molar-refractivity contribution is 7.98. The molecule has 1 aromatic rings. The van der Waals surface area contributed by atoms with E-state index in [1.807, 2.05) is 24.5 Å². The number of rotatable bonds is 3. The molecule has 1 aliphatic heterocycles. The van der Waals surface area contributed by atoms with Crippen molar-refractivity contribution < 1.29 is 4.79 Å². The second kappa shape index (κ2) is 5.98. The topological polar surface area (TPSA) is 70.1 Å². The molecule has 0 saturated carbocycles. The Morgan fingerprint density at radius 2 is 2.37 bits per heavy atom. The van der Waals surface area contributed by atoms with Crippen LogP contribution in [0.1, 0.15) is 18.4 Å². The fourth-order valence-corrected chi connectivity index (χ4v) is 3.06. The van der Waals surface area contributed by atoms with Gasteiger partial charge in [0.1, 0.15) is 6.07 Å². The van der Waals surface area contributed by atoms with E-state index in [9.17, 15) is 10.1 Å². The Balaban J connectivity index is 2.31. The Bertz CT molecular complexity index is 524. The third-order valence-electron chi connectivity index (χ3n) is 3.50. The van der Waals surface area contributed by atoms with Gasteiger partial charge in [-0.15, -0.1) is 11.8 Å². The largest absolute Gasteiger partial charge is 0.370 e. The predicted molar refractivity (Wildman–Crippen MR) is 77.1 cm³/mol. The predicted octanol–water partition coefficient (Wildman–Crippen LogP) is 1.98. The molecule has 1 unspecified atom stereocenters. The van der Waals surface area contributed by atoms with Crippen molar-refractivity contribution in [3.8, 4) is 6.07 Å². The van der Waals surface area contributed by atoms with Crippen molar-refractivity contribution in [2.24, 2.45) is 11.7 Å². The molecular formula is C14H17N3OS. The fourth-order valence-electron chi connectivity index (χ4n) is 2.49. The van der Waals surface area contributed by atoms with Gasteiger partial charge in [0.05, 0.1) is 17.2 Å². The van der Waals surface area contributed by atoms with Crippen molar-refractivity contribution in [2.75, 3.05) is 24.2 Å². The summed E-state index contributed by atoms with van der Waals surface area (Å²) in [5, 5.41) is 9.35. The maximum Gasteiger partial charge on any atom is 0.222 e. The highest BCUT2D eigenvalue weighted by Gasteiger charge is 2.25. The standard InChI is InChI=1S/C14H17N3OS/c1-19-13-6-2-5-12(11(13)8-15)17-7-3-4-10(9-17)14(16)18/h2,5-6,10H,3-4,7,9H2,1H3,(H2,16,18). The normalized spacial score (nSPS) is 18.9. The molecule has 0 bridgehead atoms. The highest BCUT2D eigenvalue weighted by Crippen LogP contribution is 2.31. The lowest BCUT2D eigenvalue weighted by molar-refractivity contribution is -0.122. The number of benzene rings is 1. The van der Waals surface area contributed by atoms with Crippen LogP contribution in [0.5, 0.6) is 0 Å². The van der Waals surface area contributed by atoms with E-state index in [2.05, 4.69) is 11.0 Å². The van der Waals surface area contributed by atoms with Gasteiger partial charge < -0.3 is 10.6 Å². The molecule has 0 radical (unpaired) electrons. The molecule has 1 heterocycles. The molecule has 19 heavy (non-hydrogen) atoms. The number of nitrogens with zero attached hydrogens (tertiary/aromatic N) is 2. The molecule has 0 aliphatic carbocycles. The first kappa shape index (κ1) is 13.8. The number of carbonyl (C=O) groups excluding carboxylic acids is 1. The molecule has 1 fully saturated rings. The van der Waals surface area contributed by atoms with Gasteiger partial charge in [0, 0.05) is 18.0 Å². The Morgan fingerprint density at radius 3 is 3.00 bits per heavy atom. The van der Waals surface area contributed by atoms with Gasteiger partial charge in [0.25, 0.3) is 0 Å². The number of amides is 1. The Labute approximate surface area is 117 Å². The van der Waals surface area contributed by atoms with Gasteiger partial charge in [-0.1, -0.05) is 6.07 Å². The number of nitrogens with two attached hydrogens (primary N) is 1. The quantitative estimate of drug-likeness (QED) is 0.856. The maximum atomic E-state index is 11.3. The zero-order chi connectivity index (χ0) is 13.8. The molecule has 1 amide bonds. The van der Waals surface area contributed by atoms with Crippen LogP contribution in [0.2, 0.25) is 0 Å². The van der Waals surface area contributed by atoms with Crippen molar-refractivity contribution in [2.45, 2.75) is 17.7 Å².